The van der Waals surface area contributed by atoms with Crippen LogP contribution in [0, 0.1) is 12.3 Å². The lowest BCUT2D eigenvalue weighted by molar-refractivity contribution is 0.303. The highest BCUT2D eigenvalue weighted by Gasteiger charge is 2.07. The third kappa shape index (κ3) is 5.99. The highest BCUT2D eigenvalue weighted by atomic mass is 16.5. The Morgan fingerprint density at radius 3 is 2.70 bits per heavy atom. The van der Waals surface area contributed by atoms with Crippen LogP contribution in [-0.2, 0) is 6.54 Å². The molecule has 3 nitrogen and oxygen atoms in total. The summed E-state index contributed by atoms with van der Waals surface area (Å²) in [7, 11) is 0. The molecule has 0 amide bonds. The van der Waals surface area contributed by atoms with E-state index in [9.17, 15) is 0 Å². The van der Waals surface area contributed by atoms with Gasteiger partial charge in [0.15, 0.2) is 0 Å². The summed E-state index contributed by atoms with van der Waals surface area (Å²) < 4.78 is 11.4. The van der Waals surface area contributed by atoms with Crippen molar-refractivity contribution in [3.05, 3.63) is 23.8 Å². The van der Waals surface area contributed by atoms with Gasteiger partial charge in [0.25, 0.3) is 0 Å². The lowest BCUT2D eigenvalue weighted by Crippen LogP contribution is -2.22. The van der Waals surface area contributed by atoms with Gasteiger partial charge in [-0.15, -0.1) is 12.3 Å². The van der Waals surface area contributed by atoms with Gasteiger partial charge in [0.05, 0.1) is 13.2 Å². The largest absolute Gasteiger partial charge is 0.493 e. The van der Waals surface area contributed by atoms with E-state index in [1.165, 1.54) is 0 Å². The molecule has 0 heterocycles. The van der Waals surface area contributed by atoms with E-state index in [4.69, 9.17) is 15.9 Å². The molecule has 1 rings (SSSR count). The van der Waals surface area contributed by atoms with E-state index in [0.29, 0.717) is 25.7 Å². The minimum atomic E-state index is 0.435. The van der Waals surface area contributed by atoms with E-state index in [2.05, 4.69) is 32.0 Å². The molecule has 1 N–H and O–H groups in total. The normalized spacial score (nSPS) is 10.3. The zero-order valence-corrected chi connectivity index (χ0v) is 12.7. The van der Waals surface area contributed by atoms with Crippen LogP contribution < -0.4 is 14.8 Å². The maximum Gasteiger partial charge on any atom is 0.127 e. The molecule has 3 heteroatoms. The molecular weight excluding hydrogens is 250 g/mol. The lowest BCUT2D eigenvalue weighted by Gasteiger charge is -2.15. The van der Waals surface area contributed by atoms with E-state index in [0.717, 1.165) is 30.0 Å². The lowest BCUT2D eigenvalue weighted by atomic mass is 10.1. The Balaban J connectivity index is 2.76. The molecule has 0 aliphatic carbocycles. The minimum Gasteiger partial charge on any atom is -0.493 e. The summed E-state index contributed by atoms with van der Waals surface area (Å²) in [6, 6.07) is 6.42. The van der Waals surface area contributed by atoms with Gasteiger partial charge in [-0.1, -0.05) is 26.8 Å². The number of rotatable bonds is 9. The fourth-order valence-electron chi connectivity index (χ4n) is 1.66. The molecule has 0 radical (unpaired) electrons. The summed E-state index contributed by atoms with van der Waals surface area (Å²) in [4.78, 5) is 0. The average molecular weight is 275 g/mol. The van der Waals surface area contributed by atoms with Gasteiger partial charge in [-0.3, -0.25) is 0 Å². The Morgan fingerprint density at radius 1 is 1.25 bits per heavy atom. The molecule has 0 saturated heterocycles. The molecule has 1 aromatic rings. The molecule has 0 saturated carbocycles. The second kappa shape index (κ2) is 9.28. The first kappa shape index (κ1) is 16.4. The first-order valence-corrected chi connectivity index (χ1v) is 7.22. The fraction of sp³-hybridized carbons (Fsp3) is 0.529. The molecule has 0 aliphatic heterocycles. The van der Waals surface area contributed by atoms with Gasteiger partial charge in [0, 0.05) is 30.6 Å². The summed E-state index contributed by atoms with van der Waals surface area (Å²) >= 11 is 0. The van der Waals surface area contributed by atoms with Crippen molar-refractivity contribution in [2.24, 2.45) is 0 Å². The van der Waals surface area contributed by atoms with Crippen molar-refractivity contribution in [1.82, 2.24) is 5.32 Å². The van der Waals surface area contributed by atoms with E-state index in [1.54, 1.807) is 0 Å². The summed E-state index contributed by atoms with van der Waals surface area (Å²) in [6.45, 7) is 8.35. The SMILES string of the molecule is C#CCCOc1cc(OCCC)ccc1CNC(C)C. The monoisotopic (exact) mass is 275 g/mol. The predicted molar refractivity (Wildman–Crippen MR) is 83.1 cm³/mol. The molecule has 0 aromatic heterocycles. The topological polar surface area (TPSA) is 30.5 Å². The van der Waals surface area contributed by atoms with Crippen LogP contribution in [-0.4, -0.2) is 19.3 Å². The smallest absolute Gasteiger partial charge is 0.127 e. The zero-order chi connectivity index (χ0) is 14.8. The molecule has 0 unspecified atom stereocenters. The van der Waals surface area contributed by atoms with Crippen LogP contribution in [0.2, 0.25) is 0 Å². The number of hydrogen-bond acceptors (Lipinski definition) is 3. The molecule has 20 heavy (non-hydrogen) atoms. The van der Waals surface area contributed by atoms with Crippen molar-refractivity contribution in [3.63, 3.8) is 0 Å². The first-order valence-electron chi connectivity index (χ1n) is 7.22. The van der Waals surface area contributed by atoms with Gasteiger partial charge < -0.3 is 14.8 Å². The number of terminal acetylenes is 1. The molecular formula is C17H25NO2. The maximum atomic E-state index is 5.77. The zero-order valence-electron chi connectivity index (χ0n) is 12.7. The quantitative estimate of drug-likeness (QED) is 0.553. The third-order valence-corrected chi connectivity index (χ3v) is 2.72. The molecule has 0 bridgehead atoms. The number of ether oxygens (including phenoxy) is 2. The van der Waals surface area contributed by atoms with Crippen LogP contribution in [0.1, 0.15) is 39.2 Å². The van der Waals surface area contributed by atoms with Crippen LogP contribution in [0.3, 0.4) is 0 Å². The predicted octanol–water partition coefficient (Wildman–Crippen LogP) is 3.38. The number of nitrogens with one attached hydrogen (secondary N) is 1. The standard InChI is InChI=1S/C17H25NO2/c1-5-7-11-20-17-12-16(19-10-6-2)9-8-15(17)13-18-14(3)4/h1,8-9,12,14,18H,6-7,10-11,13H2,2-4H3. The fourth-order valence-corrected chi connectivity index (χ4v) is 1.66. The van der Waals surface area contributed by atoms with Crippen LogP contribution in [0.5, 0.6) is 11.5 Å². The van der Waals surface area contributed by atoms with Crippen molar-refractivity contribution in [3.8, 4) is 23.8 Å². The second-order valence-electron chi connectivity index (χ2n) is 4.96. The number of hydrogen-bond donors (Lipinski definition) is 1. The molecule has 0 aliphatic rings. The molecule has 0 fully saturated rings. The van der Waals surface area contributed by atoms with Crippen molar-refractivity contribution in [2.75, 3.05) is 13.2 Å². The Kier molecular flexibility index (Phi) is 7.60. The van der Waals surface area contributed by atoms with Gasteiger partial charge in [0.1, 0.15) is 11.5 Å². The average Bonchev–Trinajstić information content (AvgIpc) is 2.44. The summed E-state index contributed by atoms with van der Waals surface area (Å²) in [5, 5.41) is 3.39. The summed E-state index contributed by atoms with van der Waals surface area (Å²) in [6.07, 6.45) is 6.86. The number of benzene rings is 1. The van der Waals surface area contributed by atoms with Crippen LogP contribution >= 0.6 is 0 Å². The second-order valence-corrected chi connectivity index (χ2v) is 4.96. The Bertz CT molecular complexity index is 435. The van der Waals surface area contributed by atoms with Gasteiger partial charge >= 0.3 is 0 Å². The highest BCUT2D eigenvalue weighted by molar-refractivity contribution is 5.40. The van der Waals surface area contributed by atoms with E-state index in [1.807, 2.05) is 18.2 Å². The first-order chi connectivity index (χ1) is 9.67. The van der Waals surface area contributed by atoms with Crippen LogP contribution in [0.4, 0.5) is 0 Å². The Morgan fingerprint density at radius 2 is 2.05 bits per heavy atom. The molecule has 110 valence electrons. The van der Waals surface area contributed by atoms with Crippen molar-refractivity contribution >= 4 is 0 Å². The van der Waals surface area contributed by atoms with E-state index < -0.39 is 0 Å². The van der Waals surface area contributed by atoms with E-state index in [-0.39, 0.29) is 0 Å². The van der Waals surface area contributed by atoms with Crippen molar-refractivity contribution < 1.29 is 9.47 Å². The van der Waals surface area contributed by atoms with Crippen molar-refractivity contribution in [2.45, 2.75) is 46.2 Å². The molecule has 1 aromatic carbocycles. The third-order valence-electron chi connectivity index (χ3n) is 2.72. The van der Waals surface area contributed by atoms with Gasteiger partial charge in [0.2, 0.25) is 0 Å². The highest BCUT2D eigenvalue weighted by Crippen LogP contribution is 2.25. The summed E-state index contributed by atoms with van der Waals surface area (Å²) in [5.74, 6) is 4.28. The molecule has 0 atom stereocenters. The Labute approximate surface area is 122 Å². The molecule has 0 spiro atoms. The van der Waals surface area contributed by atoms with Gasteiger partial charge in [-0.25, -0.2) is 0 Å². The van der Waals surface area contributed by atoms with E-state index >= 15 is 0 Å². The van der Waals surface area contributed by atoms with Gasteiger partial charge in [-0.2, -0.15) is 0 Å². The van der Waals surface area contributed by atoms with Gasteiger partial charge in [-0.05, 0) is 12.5 Å². The Hall–Kier alpha value is -1.66. The van der Waals surface area contributed by atoms with Crippen LogP contribution in [0.25, 0.3) is 0 Å². The summed E-state index contributed by atoms with van der Waals surface area (Å²) in [5.41, 5.74) is 1.12. The minimum absolute atomic E-state index is 0.435. The van der Waals surface area contributed by atoms with Crippen molar-refractivity contribution in [1.29, 1.82) is 0 Å². The maximum absolute atomic E-state index is 5.77. The van der Waals surface area contributed by atoms with Crippen LogP contribution in [0.15, 0.2) is 18.2 Å².